The molecule has 0 aromatic heterocycles. The first-order valence-electron chi connectivity index (χ1n) is 12.5. The highest BCUT2D eigenvalue weighted by molar-refractivity contribution is 6.34. The third kappa shape index (κ3) is 6.39. The fourth-order valence-corrected chi connectivity index (χ4v) is 5.25. The van der Waals surface area contributed by atoms with E-state index >= 15 is 0 Å². The van der Waals surface area contributed by atoms with Gasteiger partial charge in [0.05, 0.1) is 10.6 Å². The minimum Gasteiger partial charge on any atom is -0.385 e. The molecule has 2 fully saturated rings. The summed E-state index contributed by atoms with van der Waals surface area (Å²) in [6, 6.07) is 6.64. The molecule has 0 N–H and O–H groups in total. The summed E-state index contributed by atoms with van der Waals surface area (Å²) in [5.41, 5.74) is 2.29. The molecule has 0 unspecified atom stereocenters. The average molecular weight is 466 g/mol. The summed E-state index contributed by atoms with van der Waals surface area (Å²) in [5.74, 6) is -0.0345. The van der Waals surface area contributed by atoms with Crippen LogP contribution in [0.4, 0.5) is 5.69 Å². The van der Waals surface area contributed by atoms with Crippen LogP contribution < -0.4 is 4.90 Å². The van der Waals surface area contributed by atoms with Gasteiger partial charge in [0.1, 0.15) is 0 Å². The highest BCUT2D eigenvalue weighted by atomic mass is 35.5. The normalized spacial score (nSPS) is 18.5. The third-order valence-electron chi connectivity index (χ3n) is 7.40. The number of benzene rings is 1. The van der Waals surface area contributed by atoms with E-state index < -0.39 is 0 Å². The van der Waals surface area contributed by atoms with Gasteiger partial charge in [-0.15, -0.1) is 0 Å². The Morgan fingerprint density at radius 2 is 1.78 bits per heavy atom. The molecule has 1 saturated carbocycles. The number of anilines is 1. The Bertz CT molecular complexity index is 707. The minimum absolute atomic E-state index is 0.0345. The van der Waals surface area contributed by atoms with Crippen LogP contribution in [0.2, 0.25) is 5.02 Å². The number of carbonyl (C=O) groups excluding carboxylic acids is 1. The molecule has 1 aliphatic carbocycles. The Labute approximate surface area is 201 Å². The Morgan fingerprint density at radius 1 is 1.16 bits per heavy atom. The minimum atomic E-state index is -0.0345. The number of halogens is 1. The van der Waals surface area contributed by atoms with Crippen molar-refractivity contribution < 1.29 is 9.53 Å². The Hall–Kier alpha value is -1.30. The summed E-state index contributed by atoms with van der Waals surface area (Å²) in [5, 5.41) is 0.535. The second-order valence-electron chi connectivity index (χ2n) is 9.03. The summed E-state index contributed by atoms with van der Waals surface area (Å²) in [7, 11) is 3.49. The lowest BCUT2D eigenvalue weighted by Gasteiger charge is -2.53. The van der Waals surface area contributed by atoms with Crippen molar-refractivity contribution in [2.24, 2.45) is 5.41 Å². The SMILES string of the molecule is CC.CCC1(CC)CC(N2CCN(c3ccc(C(=O)N(C)CCCOC)c(Cl)c3)CC2)C1. The number of methoxy groups -OCH3 is 1. The van der Waals surface area contributed by atoms with Gasteiger partial charge in [0.15, 0.2) is 0 Å². The standard InChI is InChI=1S/C24H38ClN3O2.C2H6/c1-5-24(6-2)17-20(18-24)28-13-11-27(12-14-28)19-8-9-21(22(25)16-19)23(29)26(3)10-7-15-30-4;1-2/h8-9,16,20H,5-7,10-15,17-18H2,1-4H3;1-2H3. The first-order chi connectivity index (χ1) is 15.4. The summed E-state index contributed by atoms with van der Waals surface area (Å²) in [6.07, 6.45) is 6.16. The number of amides is 1. The molecule has 2 aliphatic rings. The molecule has 0 bridgehead atoms. The van der Waals surface area contributed by atoms with Crippen molar-refractivity contribution >= 4 is 23.2 Å². The molecular formula is C26H44ClN3O2. The second kappa shape index (κ2) is 12.8. The molecule has 0 spiro atoms. The summed E-state index contributed by atoms with van der Waals surface area (Å²) < 4.78 is 5.07. The molecule has 1 aliphatic heterocycles. The molecule has 6 heteroatoms. The van der Waals surface area contributed by atoms with E-state index in [1.807, 2.05) is 39.1 Å². The fraction of sp³-hybridized carbons (Fsp3) is 0.731. The Morgan fingerprint density at radius 3 is 2.31 bits per heavy atom. The highest BCUT2D eigenvalue weighted by Gasteiger charge is 2.44. The van der Waals surface area contributed by atoms with E-state index in [-0.39, 0.29) is 5.91 Å². The van der Waals surface area contributed by atoms with E-state index in [4.69, 9.17) is 16.3 Å². The van der Waals surface area contributed by atoms with Gasteiger partial charge in [-0.3, -0.25) is 9.69 Å². The maximum absolute atomic E-state index is 12.7. The van der Waals surface area contributed by atoms with Gasteiger partial charge in [-0.05, 0) is 42.9 Å². The van der Waals surface area contributed by atoms with Gasteiger partial charge < -0.3 is 14.5 Å². The number of hydrogen-bond acceptors (Lipinski definition) is 4. The maximum Gasteiger partial charge on any atom is 0.255 e. The quantitative estimate of drug-likeness (QED) is 0.447. The zero-order valence-electron chi connectivity index (χ0n) is 21.1. The lowest BCUT2D eigenvalue weighted by atomic mass is 9.62. The predicted molar refractivity (Wildman–Crippen MR) is 136 cm³/mol. The van der Waals surface area contributed by atoms with Gasteiger partial charge >= 0.3 is 0 Å². The van der Waals surface area contributed by atoms with Crippen LogP contribution in [-0.2, 0) is 4.74 Å². The van der Waals surface area contributed by atoms with Crippen molar-refractivity contribution in [2.75, 3.05) is 58.4 Å². The molecule has 3 rings (SSSR count). The summed E-state index contributed by atoms with van der Waals surface area (Å²) in [6.45, 7) is 14.2. The van der Waals surface area contributed by atoms with Crippen molar-refractivity contribution in [3.63, 3.8) is 0 Å². The number of carbonyl (C=O) groups is 1. The van der Waals surface area contributed by atoms with Crippen LogP contribution in [0.25, 0.3) is 0 Å². The molecule has 1 amide bonds. The topological polar surface area (TPSA) is 36.0 Å². The van der Waals surface area contributed by atoms with Crippen molar-refractivity contribution in [1.29, 1.82) is 0 Å². The number of rotatable bonds is 9. The number of nitrogens with zero attached hydrogens (tertiary/aromatic N) is 3. The molecule has 0 radical (unpaired) electrons. The number of ether oxygens (including phenoxy) is 1. The first kappa shape index (κ1) is 26.9. The van der Waals surface area contributed by atoms with Gasteiger partial charge in [-0.1, -0.05) is 52.1 Å². The van der Waals surface area contributed by atoms with Gasteiger partial charge in [0.2, 0.25) is 0 Å². The van der Waals surface area contributed by atoms with Crippen molar-refractivity contribution in [1.82, 2.24) is 9.80 Å². The van der Waals surface area contributed by atoms with E-state index in [0.29, 0.717) is 29.2 Å². The van der Waals surface area contributed by atoms with E-state index in [9.17, 15) is 4.79 Å². The second-order valence-corrected chi connectivity index (χ2v) is 9.44. The number of piperazine rings is 1. The molecule has 1 aromatic carbocycles. The molecule has 5 nitrogen and oxygen atoms in total. The van der Waals surface area contributed by atoms with Crippen molar-refractivity contribution in [2.45, 2.75) is 65.8 Å². The van der Waals surface area contributed by atoms with Crippen LogP contribution in [0.3, 0.4) is 0 Å². The fourth-order valence-electron chi connectivity index (χ4n) is 5.00. The van der Waals surface area contributed by atoms with Gasteiger partial charge in [-0.25, -0.2) is 0 Å². The zero-order valence-corrected chi connectivity index (χ0v) is 21.9. The summed E-state index contributed by atoms with van der Waals surface area (Å²) in [4.78, 5) is 19.5. The van der Waals surface area contributed by atoms with Gasteiger partial charge in [0, 0.05) is 65.2 Å². The van der Waals surface area contributed by atoms with Crippen LogP contribution in [0.1, 0.15) is 70.2 Å². The zero-order chi connectivity index (χ0) is 23.7. The largest absolute Gasteiger partial charge is 0.385 e. The molecule has 1 heterocycles. The molecular weight excluding hydrogens is 422 g/mol. The van der Waals surface area contributed by atoms with Crippen molar-refractivity contribution in [3.05, 3.63) is 28.8 Å². The smallest absolute Gasteiger partial charge is 0.255 e. The van der Waals surface area contributed by atoms with E-state index in [1.165, 1.54) is 25.7 Å². The van der Waals surface area contributed by atoms with Crippen LogP contribution in [-0.4, -0.2) is 75.2 Å². The van der Waals surface area contributed by atoms with Crippen molar-refractivity contribution in [3.8, 4) is 0 Å². The Kier molecular flexibility index (Phi) is 10.8. The van der Waals surface area contributed by atoms with Crippen LogP contribution >= 0.6 is 11.6 Å². The van der Waals surface area contributed by atoms with Gasteiger partial charge in [-0.2, -0.15) is 0 Å². The van der Waals surface area contributed by atoms with E-state index in [2.05, 4.69) is 23.6 Å². The monoisotopic (exact) mass is 465 g/mol. The summed E-state index contributed by atoms with van der Waals surface area (Å²) >= 11 is 6.51. The highest BCUT2D eigenvalue weighted by Crippen LogP contribution is 2.49. The molecule has 1 aromatic rings. The van der Waals surface area contributed by atoms with E-state index in [1.54, 1.807) is 12.0 Å². The lowest BCUT2D eigenvalue weighted by Crippen LogP contribution is -2.57. The lowest BCUT2D eigenvalue weighted by molar-refractivity contribution is -0.00781. The van der Waals surface area contributed by atoms with E-state index in [0.717, 1.165) is 44.3 Å². The predicted octanol–water partition coefficient (Wildman–Crippen LogP) is 5.57. The average Bonchev–Trinajstić information content (AvgIpc) is 2.80. The Balaban J connectivity index is 0.00000176. The van der Waals surface area contributed by atoms with Crippen LogP contribution in [0, 0.1) is 5.41 Å². The third-order valence-corrected chi connectivity index (χ3v) is 7.72. The maximum atomic E-state index is 12.7. The van der Waals surface area contributed by atoms with Crippen LogP contribution in [0.15, 0.2) is 18.2 Å². The van der Waals surface area contributed by atoms with Crippen LogP contribution in [0.5, 0.6) is 0 Å². The van der Waals surface area contributed by atoms with Gasteiger partial charge in [0.25, 0.3) is 5.91 Å². The molecule has 182 valence electrons. The number of hydrogen-bond donors (Lipinski definition) is 0. The molecule has 1 saturated heterocycles. The first-order valence-corrected chi connectivity index (χ1v) is 12.8. The molecule has 0 atom stereocenters. The molecule has 32 heavy (non-hydrogen) atoms.